The maximum absolute atomic E-state index is 14.4. The number of anilines is 2. The number of methoxy groups -OCH3 is 1. The fraction of sp³-hybridized carbons (Fsp3) is 0.182. The van der Waals surface area contributed by atoms with Gasteiger partial charge in [0.05, 0.1) is 0 Å². The molecule has 5 heterocycles. The molecule has 2 aliphatic rings. The van der Waals surface area contributed by atoms with Crippen LogP contribution in [-0.4, -0.2) is 42.2 Å². The molecule has 0 aliphatic carbocycles. The van der Waals surface area contributed by atoms with Gasteiger partial charge in [-0.05, 0) is 0 Å². The molecule has 174 valence electrons. The first-order chi connectivity index (χ1) is 16.6. The van der Waals surface area contributed by atoms with Gasteiger partial charge < -0.3 is 0 Å². The first kappa shape index (κ1) is 20.9. The monoisotopic (exact) mass is 574 g/mol. The number of aromatic amines is 1. The van der Waals surface area contributed by atoms with E-state index in [1.807, 2.05) is 12.3 Å². The molecule has 1 atom stereocenters. The van der Waals surface area contributed by atoms with Gasteiger partial charge in [-0.3, -0.25) is 0 Å². The van der Waals surface area contributed by atoms with Gasteiger partial charge in [0.25, 0.3) is 0 Å². The molecule has 0 saturated heterocycles. The molecule has 3 aromatic heterocycles. The summed E-state index contributed by atoms with van der Waals surface area (Å²) in [7, 11) is 1.40. The van der Waals surface area contributed by atoms with Crippen LogP contribution in [0.5, 0.6) is 11.5 Å². The first-order valence-corrected chi connectivity index (χ1v) is 12.3. The second-order valence-corrected chi connectivity index (χ2v) is 9.69. The van der Waals surface area contributed by atoms with E-state index in [0.29, 0.717) is 46.8 Å². The van der Waals surface area contributed by atoms with Crippen molar-refractivity contribution in [2.45, 2.75) is 18.9 Å². The SMILES string of the molecule is COc1c(F)cccc1Nc1c2[nH]c3c1C(=O)NC(Cc1cn(nn1)[I-]Oc1cnccc1-2)C3. The van der Waals surface area contributed by atoms with Gasteiger partial charge in [-0.15, -0.1) is 0 Å². The Labute approximate surface area is 204 Å². The van der Waals surface area contributed by atoms with Crippen LogP contribution in [0.2, 0.25) is 0 Å². The van der Waals surface area contributed by atoms with Gasteiger partial charge in [-0.1, -0.05) is 0 Å². The Morgan fingerprint density at radius 1 is 1.32 bits per heavy atom. The third-order valence-electron chi connectivity index (χ3n) is 5.73. The van der Waals surface area contributed by atoms with E-state index in [1.165, 1.54) is 13.2 Å². The molecule has 3 N–H and O–H groups in total. The standard InChI is InChI=1S/C22H18FIN7O3/c1-33-21-14(23)3-2-4-15(21)27-20-18-16-8-11(26-22(18)32)7-12-10-31(30-29-12)24-34-17-9-25-6-5-13(17)19(20)28-16/h2-6,9-11,27-28H,7-8H2,1H3,(H,26,32)/q-1. The number of pyridine rings is 1. The zero-order valence-corrected chi connectivity index (χ0v) is 20.0. The predicted octanol–water partition coefficient (Wildman–Crippen LogP) is -0.384. The molecule has 12 heteroatoms. The van der Waals surface area contributed by atoms with Crippen LogP contribution in [0.4, 0.5) is 15.8 Å². The summed E-state index contributed by atoms with van der Waals surface area (Å²) in [6.45, 7) is 0. The van der Waals surface area contributed by atoms with E-state index in [-0.39, 0.29) is 17.7 Å². The van der Waals surface area contributed by atoms with Gasteiger partial charge >= 0.3 is 204 Å². The van der Waals surface area contributed by atoms with Crippen LogP contribution < -0.4 is 40.3 Å². The molecule has 5 bridgehead atoms. The quantitative estimate of drug-likeness (QED) is 0.286. The number of rotatable bonds is 3. The van der Waals surface area contributed by atoms with Crippen molar-refractivity contribution < 1.29 is 38.9 Å². The van der Waals surface area contributed by atoms with Crippen molar-refractivity contribution >= 4 is 17.3 Å². The van der Waals surface area contributed by atoms with E-state index in [2.05, 4.69) is 30.9 Å². The number of hydrogen-bond acceptors (Lipinski definition) is 7. The van der Waals surface area contributed by atoms with Crippen LogP contribution in [0.1, 0.15) is 21.7 Å². The molecule has 2 aliphatic heterocycles. The summed E-state index contributed by atoms with van der Waals surface area (Å²) in [6.07, 6.45) is 6.24. The number of para-hydroxylation sites is 1. The number of H-pyrrole nitrogens is 1. The summed E-state index contributed by atoms with van der Waals surface area (Å²) < 4.78 is 27.5. The number of halogens is 2. The molecule has 6 rings (SSSR count). The topological polar surface area (TPSA) is 119 Å². The molecule has 0 saturated carbocycles. The summed E-state index contributed by atoms with van der Waals surface area (Å²) in [5, 5.41) is 14.7. The normalized spacial score (nSPS) is 16.6. The van der Waals surface area contributed by atoms with Crippen molar-refractivity contribution in [3.8, 4) is 22.8 Å². The van der Waals surface area contributed by atoms with Crippen molar-refractivity contribution in [3.63, 3.8) is 0 Å². The van der Waals surface area contributed by atoms with E-state index < -0.39 is 27.7 Å². The Morgan fingerprint density at radius 2 is 2.24 bits per heavy atom. The number of nitrogens with one attached hydrogen (secondary N) is 3. The van der Waals surface area contributed by atoms with Gasteiger partial charge in [0.15, 0.2) is 0 Å². The predicted molar refractivity (Wildman–Crippen MR) is 115 cm³/mol. The fourth-order valence-corrected chi connectivity index (χ4v) is 5.66. The third-order valence-corrected chi connectivity index (χ3v) is 7.28. The van der Waals surface area contributed by atoms with Gasteiger partial charge in [-0.25, -0.2) is 0 Å². The Bertz CT molecular complexity index is 1420. The summed E-state index contributed by atoms with van der Waals surface area (Å²) in [4.78, 5) is 21.0. The van der Waals surface area contributed by atoms with Crippen molar-refractivity contribution in [2.24, 2.45) is 0 Å². The maximum atomic E-state index is 14.4. The number of aromatic nitrogens is 5. The minimum atomic E-state index is -0.993. The number of hydrogen-bond donors (Lipinski definition) is 3. The van der Waals surface area contributed by atoms with E-state index in [4.69, 9.17) is 7.80 Å². The van der Waals surface area contributed by atoms with Crippen LogP contribution in [-0.2, 0) is 12.8 Å². The second kappa shape index (κ2) is 8.27. The summed E-state index contributed by atoms with van der Waals surface area (Å²) in [5.74, 6) is -0.145. The van der Waals surface area contributed by atoms with Crippen molar-refractivity contribution in [3.05, 3.63) is 65.6 Å². The Hall–Kier alpha value is -3.68. The summed E-state index contributed by atoms with van der Waals surface area (Å²) >= 11 is -0.993. The van der Waals surface area contributed by atoms with Gasteiger partial charge in [-0.2, -0.15) is 0 Å². The van der Waals surface area contributed by atoms with E-state index in [0.717, 1.165) is 11.4 Å². The number of amides is 1. The van der Waals surface area contributed by atoms with Crippen LogP contribution in [0.3, 0.4) is 0 Å². The van der Waals surface area contributed by atoms with Crippen molar-refractivity contribution in [2.75, 3.05) is 12.4 Å². The summed E-state index contributed by atoms with van der Waals surface area (Å²) in [6, 6.07) is 6.26. The number of nitrogens with zero attached hydrogens (tertiary/aromatic N) is 4. The molecule has 1 aromatic carbocycles. The number of fused-ring (bicyclic) bond motifs is 6. The van der Waals surface area contributed by atoms with E-state index in [1.54, 1.807) is 27.4 Å². The average Bonchev–Trinajstić information content (AvgIpc) is 3.42. The Kier molecular flexibility index (Phi) is 5.08. The molecule has 0 spiro atoms. The number of benzene rings is 1. The minimum absolute atomic E-state index is 0.0588. The molecule has 10 nitrogen and oxygen atoms in total. The van der Waals surface area contributed by atoms with Crippen LogP contribution >= 0.6 is 0 Å². The molecular weight excluding hydrogens is 556 g/mol. The van der Waals surface area contributed by atoms with Crippen LogP contribution in [0, 0.1) is 5.82 Å². The fourth-order valence-electron chi connectivity index (χ4n) is 4.29. The third kappa shape index (κ3) is 3.54. The van der Waals surface area contributed by atoms with Gasteiger partial charge in [0.2, 0.25) is 0 Å². The average molecular weight is 574 g/mol. The number of carbonyl (C=O) groups excluding carboxylic acids is 1. The Morgan fingerprint density at radius 3 is 3.12 bits per heavy atom. The molecular formula is C22H18FIN7O3-. The van der Waals surface area contributed by atoms with Gasteiger partial charge in [0, 0.05) is 0 Å². The van der Waals surface area contributed by atoms with E-state index in [9.17, 15) is 9.18 Å². The van der Waals surface area contributed by atoms with Crippen molar-refractivity contribution in [1.29, 1.82) is 0 Å². The van der Waals surface area contributed by atoms with Gasteiger partial charge in [0.1, 0.15) is 0 Å². The molecule has 0 fully saturated rings. The molecule has 0 radical (unpaired) electrons. The van der Waals surface area contributed by atoms with Crippen molar-refractivity contribution in [1.82, 2.24) is 28.5 Å². The molecule has 4 aromatic rings. The first-order valence-electron chi connectivity index (χ1n) is 10.4. The molecule has 1 amide bonds. The number of carbonyl (C=O) groups is 1. The van der Waals surface area contributed by atoms with Crippen LogP contribution in [0.15, 0.2) is 42.9 Å². The van der Waals surface area contributed by atoms with E-state index >= 15 is 0 Å². The summed E-state index contributed by atoms with van der Waals surface area (Å²) in [5.41, 5.74) is 4.28. The zero-order valence-electron chi connectivity index (χ0n) is 17.8. The Balaban J connectivity index is 1.55. The second-order valence-electron chi connectivity index (χ2n) is 7.87. The number of ether oxygens (including phenoxy) is 1. The zero-order chi connectivity index (χ0) is 23.2. The molecule has 1 unspecified atom stereocenters. The van der Waals surface area contributed by atoms with Crippen LogP contribution in [0.25, 0.3) is 11.3 Å². The molecule has 34 heavy (non-hydrogen) atoms.